The lowest BCUT2D eigenvalue weighted by molar-refractivity contribution is -0.182. The van der Waals surface area contributed by atoms with Gasteiger partial charge in [0.15, 0.2) is 0 Å². The summed E-state index contributed by atoms with van der Waals surface area (Å²) < 4.78 is 37.4. The predicted molar refractivity (Wildman–Crippen MR) is 51.8 cm³/mol. The molecule has 0 saturated heterocycles. The molecule has 1 aromatic heterocycles. The van der Waals surface area contributed by atoms with Crippen molar-refractivity contribution in [3.8, 4) is 0 Å². The molecule has 0 unspecified atom stereocenters. The molecule has 0 aliphatic heterocycles. The van der Waals surface area contributed by atoms with Crippen molar-refractivity contribution in [2.24, 2.45) is 0 Å². The summed E-state index contributed by atoms with van der Waals surface area (Å²) in [5.74, 6) is -0.845. The zero-order valence-electron chi connectivity index (χ0n) is 8.80. The van der Waals surface area contributed by atoms with E-state index in [4.69, 9.17) is 0 Å². The van der Waals surface area contributed by atoms with Crippen LogP contribution in [0.4, 0.5) is 13.2 Å². The number of rotatable bonds is 2. The normalized spacial score (nSPS) is 12.3. The van der Waals surface area contributed by atoms with Crippen LogP contribution in [0.25, 0.3) is 0 Å². The van der Waals surface area contributed by atoms with Crippen molar-refractivity contribution >= 4 is 5.91 Å². The van der Waals surface area contributed by atoms with Gasteiger partial charge in [-0.2, -0.15) is 13.2 Å². The van der Waals surface area contributed by atoms with E-state index in [9.17, 15) is 18.0 Å². The van der Waals surface area contributed by atoms with Crippen LogP contribution in [0.2, 0.25) is 0 Å². The first kappa shape index (κ1) is 12.5. The lowest BCUT2D eigenvalue weighted by Gasteiger charge is -2.28. The van der Waals surface area contributed by atoms with Crippen LogP contribution in [0.1, 0.15) is 24.3 Å². The van der Waals surface area contributed by atoms with Crippen LogP contribution >= 0.6 is 0 Å². The lowest BCUT2D eigenvalue weighted by atomic mass is 10.1. The summed E-state index contributed by atoms with van der Waals surface area (Å²) in [7, 11) is 0. The molecule has 0 aliphatic rings. The largest absolute Gasteiger partial charge is 0.410 e. The molecule has 1 N–H and O–H groups in total. The first-order valence-corrected chi connectivity index (χ1v) is 4.54. The summed E-state index contributed by atoms with van der Waals surface area (Å²) in [6.07, 6.45) is -3.16. The van der Waals surface area contributed by atoms with Gasteiger partial charge in [0.1, 0.15) is 11.2 Å². The zero-order valence-corrected chi connectivity index (χ0v) is 8.80. The van der Waals surface area contributed by atoms with Crippen molar-refractivity contribution in [2.75, 3.05) is 0 Å². The van der Waals surface area contributed by atoms with E-state index in [-0.39, 0.29) is 5.69 Å². The number of halogens is 3. The molecule has 0 saturated carbocycles. The highest BCUT2D eigenvalue weighted by atomic mass is 19.4. The van der Waals surface area contributed by atoms with Crippen LogP contribution in [0, 0.1) is 0 Å². The van der Waals surface area contributed by atoms with Gasteiger partial charge in [0.25, 0.3) is 5.91 Å². The maximum absolute atomic E-state index is 12.5. The van der Waals surface area contributed by atoms with Gasteiger partial charge in [0.2, 0.25) is 0 Å². The van der Waals surface area contributed by atoms with Gasteiger partial charge in [-0.3, -0.25) is 9.78 Å². The Hall–Kier alpha value is -1.59. The molecule has 0 atom stereocenters. The first-order chi connectivity index (χ1) is 7.24. The van der Waals surface area contributed by atoms with Gasteiger partial charge in [-0.05, 0) is 26.0 Å². The number of nitrogens with zero attached hydrogens (tertiary/aromatic N) is 1. The van der Waals surface area contributed by atoms with Crippen molar-refractivity contribution in [3.05, 3.63) is 30.1 Å². The van der Waals surface area contributed by atoms with E-state index in [1.165, 1.54) is 18.3 Å². The Kier molecular flexibility index (Phi) is 3.21. The van der Waals surface area contributed by atoms with E-state index in [1.54, 1.807) is 6.07 Å². The molecule has 3 nitrogen and oxygen atoms in total. The average Bonchev–Trinajstić information content (AvgIpc) is 2.16. The number of amides is 1. The van der Waals surface area contributed by atoms with Crippen LogP contribution < -0.4 is 5.32 Å². The van der Waals surface area contributed by atoms with E-state index in [2.05, 4.69) is 4.98 Å². The maximum Gasteiger partial charge on any atom is 0.410 e. The quantitative estimate of drug-likeness (QED) is 0.848. The van der Waals surface area contributed by atoms with Crippen LogP contribution in [-0.4, -0.2) is 22.6 Å². The fraction of sp³-hybridized carbons (Fsp3) is 0.400. The third kappa shape index (κ3) is 2.71. The van der Waals surface area contributed by atoms with Gasteiger partial charge in [-0.15, -0.1) is 0 Å². The summed E-state index contributed by atoms with van der Waals surface area (Å²) >= 11 is 0. The van der Waals surface area contributed by atoms with Gasteiger partial charge < -0.3 is 5.32 Å². The van der Waals surface area contributed by atoms with Crippen molar-refractivity contribution in [1.29, 1.82) is 0 Å². The monoisotopic (exact) mass is 232 g/mol. The highest BCUT2D eigenvalue weighted by Crippen LogP contribution is 2.29. The van der Waals surface area contributed by atoms with E-state index in [1.807, 2.05) is 5.32 Å². The van der Waals surface area contributed by atoms with Gasteiger partial charge in [-0.1, -0.05) is 6.07 Å². The van der Waals surface area contributed by atoms with E-state index >= 15 is 0 Å². The summed E-state index contributed by atoms with van der Waals surface area (Å²) in [5, 5.41) is 1.89. The van der Waals surface area contributed by atoms with Crippen LogP contribution in [0.15, 0.2) is 24.4 Å². The molecule has 1 aromatic rings. The summed E-state index contributed by atoms with van der Waals surface area (Å²) in [6.45, 7) is 1.79. The van der Waals surface area contributed by atoms with E-state index < -0.39 is 17.6 Å². The average molecular weight is 232 g/mol. The Morgan fingerprint density at radius 1 is 1.31 bits per heavy atom. The lowest BCUT2D eigenvalue weighted by Crippen LogP contribution is -2.54. The fourth-order valence-corrected chi connectivity index (χ4v) is 0.916. The van der Waals surface area contributed by atoms with E-state index in [0.29, 0.717) is 0 Å². The molecule has 1 amide bonds. The zero-order chi connectivity index (χ0) is 12.4. The van der Waals surface area contributed by atoms with Gasteiger partial charge in [-0.25, -0.2) is 0 Å². The molecular formula is C10H11F3N2O. The Balaban J connectivity index is 2.80. The minimum atomic E-state index is -4.50. The molecule has 88 valence electrons. The number of pyridine rings is 1. The second-order valence-electron chi connectivity index (χ2n) is 3.79. The van der Waals surface area contributed by atoms with Crippen LogP contribution in [-0.2, 0) is 0 Å². The molecular weight excluding hydrogens is 221 g/mol. The minimum absolute atomic E-state index is 0.0418. The molecule has 0 aliphatic carbocycles. The van der Waals surface area contributed by atoms with Crippen LogP contribution in [0.5, 0.6) is 0 Å². The number of carbonyl (C=O) groups is 1. The second-order valence-corrected chi connectivity index (χ2v) is 3.79. The smallest absolute Gasteiger partial charge is 0.337 e. The fourth-order valence-electron chi connectivity index (χ4n) is 0.916. The molecule has 0 aromatic carbocycles. The second kappa shape index (κ2) is 4.11. The number of nitrogens with one attached hydrogen (secondary N) is 1. The van der Waals surface area contributed by atoms with Crippen molar-refractivity contribution < 1.29 is 18.0 Å². The summed E-state index contributed by atoms with van der Waals surface area (Å²) in [4.78, 5) is 15.1. The Bertz CT molecular complexity index is 373. The van der Waals surface area contributed by atoms with Crippen molar-refractivity contribution in [3.63, 3.8) is 0 Å². The maximum atomic E-state index is 12.5. The molecule has 0 spiro atoms. The summed E-state index contributed by atoms with van der Waals surface area (Å²) in [6, 6.07) is 4.45. The summed E-state index contributed by atoms with van der Waals surface area (Å²) in [5.41, 5.74) is -2.32. The molecule has 0 bridgehead atoms. The van der Waals surface area contributed by atoms with Crippen LogP contribution in [0.3, 0.4) is 0 Å². The number of hydrogen-bond donors (Lipinski definition) is 1. The number of carbonyl (C=O) groups excluding carboxylic acids is 1. The van der Waals surface area contributed by atoms with Gasteiger partial charge >= 0.3 is 6.18 Å². The third-order valence-electron chi connectivity index (χ3n) is 2.03. The Morgan fingerprint density at radius 2 is 1.94 bits per heavy atom. The Morgan fingerprint density at radius 3 is 2.38 bits per heavy atom. The third-order valence-corrected chi connectivity index (χ3v) is 2.03. The molecule has 6 heteroatoms. The molecule has 0 radical (unpaired) electrons. The van der Waals surface area contributed by atoms with Gasteiger partial charge in [0, 0.05) is 6.20 Å². The number of hydrogen-bond acceptors (Lipinski definition) is 2. The standard InChI is InChI=1S/C10H11F3N2O/c1-9(2,10(11,12)13)15-8(16)7-5-3-4-6-14-7/h3-6H,1-2H3,(H,15,16). The first-order valence-electron chi connectivity index (χ1n) is 4.54. The predicted octanol–water partition coefficient (Wildman–Crippen LogP) is 2.15. The molecule has 0 fully saturated rings. The molecule has 16 heavy (non-hydrogen) atoms. The van der Waals surface area contributed by atoms with Crippen molar-refractivity contribution in [2.45, 2.75) is 25.6 Å². The SMILES string of the molecule is CC(C)(NC(=O)c1ccccn1)C(F)(F)F. The molecule has 1 rings (SSSR count). The minimum Gasteiger partial charge on any atom is -0.337 e. The number of aromatic nitrogens is 1. The Labute approximate surface area is 90.7 Å². The van der Waals surface area contributed by atoms with Crippen molar-refractivity contribution in [1.82, 2.24) is 10.3 Å². The molecule has 1 heterocycles. The highest BCUT2D eigenvalue weighted by Gasteiger charge is 2.48. The number of alkyl halides is 3. The topological polar surface area (TPSA) is 42.0 Å². The highest BCUT2D eigenvalue weighted by molar-refractivity contribution is 5.92. The van der Waals surface area contributed by atoms with Gasteiger partial charge in [0.05, 0.1) is 0 Å². The van der Waals surface area contributed by atoms with E-state index in [0.717, 1.165) is 13.8 Å².